The van der Waals surface area contributed by atoms with Crippen LogP contribution in [0.15, 0.2) is 64.2 Å². The highest BCUT2D eigenvalue weighted by Crippen LogP contribution is 2.29. The molecule has 0 unspecified atom stereocenters. The molecule has 2 aromatic carbocycles. The molecule has 0 aliphatic heterocycles. The number of nitrogens with one attached hydrogen (secondary N) is 1. The number of hydrogen-bond acceptors (Lipinski definition) is 4. The zero-order valence-corrected chi connectivity index (χ0v) is 16.0. The highest BCUT2D eigenvalue weighted by Gasteiger charge is 2.16. The van der Waals surface area contributed by atoms with Crippen LogP contribution in [0, 0.1) is 0 Å². The molecule has 0 radical (unpaired) electrons. The summed E-state index contributed by atoms with van der Waals surface area (Å²) in [6.07, 6.45) is 0. The molecule has 1 aromatic heterocycles. The van der Waals surface area contributed by atoms with Gasteiger partial charge >= 0.3 is 0 Å². The number of amides is 1. The number of hydrogen-bond donors (Lipinski definition) is 1. The maximum Gasteiger partial charge on any atom is 0.234 e. The Morgan fingerprint density at radius 3 is 2.56 bits per heavy atom. The average Bonchev–Trinajstić information content (AvgIpc) is 3.04. The van der Waals surface area contributed by atoms with Crippen molar-refractivity contribution in [1.82, 2.24) is 14.8 Å². The molecule has 0 spiro atoms. The second-order valence-electron chi connectivity index (χ2n) is 5.23. The number of aromatic nitrogens is 3. The van der Waals surface area contributed by atoms with Crippen molar-refractivity contribution in [3.63, 3.8) is 0 Å². The van der Waals surface area contributed by atoms with Crippen molar-refractivity contribution in [1.29, 1.82) is 0 Å². The lowest BCUT2D eigenvalue weighted by Gasteiger charge is -2.09. The first-order valence-electron chi connectivity index (χ1n) is 7.85. The van der Waals surface area contributed by atoms with Crippen LogP contribution in [-0.4, -0.2) is 26.4 Å². The Labute approximate surface area is 159 Å². The molecule has 128 valence electrons. The lowest BCUT2D eigenvalue weighted by Crippen LogP contribution is -2.14. The first kappa shape index (κ1) is 17.7. The van der Waals surface area contributed by atoms with E-state index >= 15 is 0 Å². The van der Waals surface area contributed by atoms with Gasteiger partial charge in [0.25, 0.3) is 0 Å². The van der Waals surface area contributed by atoms with E-state index in [1.165, 1.54) is 11.8 Å². The van der Waals surface area contributed by atoms with Crippen molar-refractivity contribution in [3.05, 3.63) is 59.1 Å². The lowest BCUT2D eigenvalue weighted by molar-refractivity contribution is -0.113. The summed E-state index contributed by atoms with van der Waals surface area (Å²) in [7, 11) is 0. The first-order valence-corrected chi connectivity index (χ1v) is 9.62. The number of anilines is 1. The Morgan fingerprint density at radius 1 is 1.12 bits per heavy atom. The van der Waals surface area contributed by atoms with E-state index in [0.29, 0.717) is 0 Å². The molecule has 0 bridgehead atoms. The molecular formula is C18H17BrN4OS. The normalized spacial score (nSPS) is 10.6. The van der Waals surface area contributed by atoms with E-state index in [1.807, 2.05) is 66.1 Å². The third kappa shape index (κ3) is 4.29. The minimum absolute atomic E-state index is 0.0655. The number of carbonyl (C=O) groups is 1. The fraction of sp³-hybridized carbons (Fsp3) is 0.167. The second-order valence-corrected chi connectivity index (χ2v) is 7.03. The summed E-state index contributed by atoms with van der Waals surface area (Å²) in [5, 5.41) is 12.2. The molecule has 0 aliphatic carbocycles. The van der Waals surface area contributed by atoms with E-state index in [9.17, 15) is 4.79 Å². The highest BCUT2D eigenvalue weighted by atomic mass is 79.9. The van der Waals surface area contributed by atoms with E-state index in [4.69, 9.17) is 0 Å². The van der Waals surface area contributed by atoms with Gasteiger partial charge in [0.2, 0.25) is 5.91 Å². The van der Waals surface area contributed by atoms with Gasteiger partial charge in [-0.15, -0.1) is 10.2 Å². The molecule has 1 heterocycles. The van der Waals surface area contributed by atoms with Gasteiger partial charge in [0, 0.05) is 22.3 Å². The fourth-order valence-corrected chi connectivity index (χ4v) is 3.64. The third-order valence-electron chi connectivity index (χ3n) is 3.54. The number of para-hydroxylation sites is 1. The predicted octanol–water partition coefficient (Wildman–Crippen LogP) is 4.46. The van der Waals surface area contributed by atoms with E-state index in [2.05, 4.69) is 31.4 Å². The molecular weight excluding hydrogens is 400 g/mol. The fourth-order valence-electron chi connectivity index (χ4n) is 2.37. The van der Waals surface area contributed by atoms with Crippen molar-refractivity contribution in [2.24, 2.45) is 0 Å². The van der Waals surface area contributed by atoms with Crippen LogP contribution in [0.5, 0.6) is 0 Å². The number of carbonyl (C=O) groups excluding carboxylic acids is 1. The van der Waals surface area contributed by atoms with Crippen LogP contribution in [0.25, 0.3) is 11.4 Å². The number of halogens is 1. The molecule has 0 saturated carbocycles. The van der Waals surface area contributed by atoms with Gasteiger partial charge in [-0.25, -0.2) is 0 Å². The van der Waals surface area contributed by atoms with E-state index in [1.54, 1.807) is 0 Å². The topological polar surface area (TPSA) is 59.8 Å². The monoisotopic (exact) mass is 416 g/mol. The Hall–Kier alpha value is -2.12. The smallest absolute Gasteiger partial charge is 0.234 e. The molecule has 0 aliphatic rings. The average molecular weight is 417 g/mol. The van der Waals surface area contributed by atoms with Crippen LogP contribution >= 0.6 is 27.7 Å². The maximum absolute atomic E-state index is 12.1. The molecule has 0 saturated heterocycles. The van der Waals surface area contributed by atoms with Gasteiger partial charge in [-0.2, -0.15) is 0 Å². The Kier molecular flexibility index (Phi) is 5.88. The van der Waals surface area contributed by atoms with E-state index < -0.39 is 0 Å². The quantitative estimate of drug-likeness (QED) is 0.602. The van der Waals surface area contributed by atoms with Crippen LogP contribution < -0.4 is 5.32 Å². The number of benzene rings is 2. The maximum atomic E-state index is 12.1. The first-order chi connectivity index (χ1) is 12.2. The molecule has 0 fully saturated rings. The molecule has 7 heteroatoms. The van der Waals surface area contributed by atoms with Gasteiger partial charge < -0.3 is 9.88 Å². The molecule has 1 amide bonds. The Balaban J connectivity index is 1.71. The van der Waals surface area contributed by atoms with E-state index in [-0.39, 0.29) is 11.7 Å². The molecule has 5 nitrogen and oxygen atoms in total. The summed E-state index contributed by atoms with van der Waals surface area (Å²) in [6, 6.07) is 17.3. The summed E-state index contributed by atoms with van der Waals surface area (Å²) >= 11 is 4.94. The van der Waals surface area contributed by atoms with Gasteiger partial charge in [-0.3, -0.25) is 4.79 Å². The zero-order chi connectivity index (χ0) is 17.6. The van der Waals surface area contributed by atoms with Crippen LogP contribution in [0.3, 0.4) is 0 Å². The van der Waals surface area contributed by atoms with Crippen LogP contribution in [0.1, 0.15) is 6.92 Å². The summed E-state index contributed by atoms with van der Waals surface area (Å²) in [5.41, 5.74) is 1.77. The van der Waals surface area contributed by atoms with Crippen LogP contribution in [-0.2, 0) is 11.3 Å². The van der Waals surface area contributed by atoms with Gasteiger partial charge in [0.15, 0.2) is 11.0 Å². The standard InChI is InChI=1S/C18H17BrN4OS/c1-2-23-17(14-10-6-7-11-15(14)19)21-22-18(23)25-12-16(24)20-13-8-4-3-5-9-13/h3-11H,2,12H2,1H3,(H,20,24). The Bertz CT molecular complexity index is 867. The number of rotatable bonds is 6. The van der Waals surface area contributed by atoms with Crippen molar-refractivity contribution < 1.29 is 4.79 Å². The van der Waals surface area contributed by atoms with Gasteiger partial charge in [-0.1, -0.05) is 64.1 Å². The van der Waals surface area contributed by atoms with E-state index in [0.717, 1.165) is 33.2 Å². The van der Waals surface area contributed by atoms with Gasteiger partial charge in [-0.05, 0) is 25.1 Å². The molecule has 25 heavy (non-hydrogen) atoms. The summed E-state index contributed by atoms with van der Waals surface area (Å²) < 4.78 is 2.98. The van der Waals surface area contributed by atoms with Gasteiger partial charge in [0.1, 0.15) is 0 Å². The SMILES string of the molecule is CCn1c(SCC(=O)Nc2ccccc2)nnc1-c1ccccc1Br. The van der Waals surface area contributed by atoms with Crippen molar-refractivity contribution >= 4 is 39.3 Å². The number of nitrogens with zero attached hydrogens (tertiary/aromatic N) is 3. The minimum Gasteiger partial charge on any atom is -0.325 e. The van der Waals surface area contributed by atoms with Crippen LogP contribution in [0.4, 0.5) is 5.69 Å². The summed E-state index contributed by atoms with van der Waals surface area (Å²) in [5.74, 6) is 1.01. The van der Waals surface area contributed by atoms with Crippen LogP contribution in [0.2, 0.25) is 0 Å². The predicted molar refractivity (Wildman–Crippen MR) is 105 cm³/mol. The highest BCUT2D eigenvalue weighted by molar-refractivity contribution is 9.10. The van der Waals surface area contributed by atoms with Crippen molar-refractivity contribution in [2.75, 3.05) is 11.1 Å². The lowest BCUT2D eigenvalue weighted by atomic mass is 10.2. The minimum atomic E-state index is -0.0655. The Morgan fingerprint density at radius 2 is 1.84 bits per heavy atom. The largest absolute Gasteiger partial charge is 0.325 e. The molecule has 3 aromatic rings. The number of thioether (sulfide) groups is 1. The molecule has 3 rings (SSSR count). The van der Waals surface area contributed by atoms with Gasteiger partial charge in [0.05, 0.1) is 5.75 Å². The van der Waals surface area contributed by atoms with Crippen molar-refractivity contribution in [2.45, 2.75) is 18.6 Å². The molecule has 0 atom stereocenters. The summed E-state index contributed by atoms with van der Waals surface area (Å²) in [6.45, 7) is 2.77. The van der Waals surface area contributed by atoms with Crippen molar-refractivity contribution in [3.8, 4) is 11.4 Å². The molecule has 1 N–H and O–H groups in total. The zero-order valence-electron chi connectivity index (χ0n) is 13.6. The third-order valence-corrected chi connectivity index (χ3v) is 5.20. The second kappa shape index (κ2) is 8.31. The summed E-state index contributed by atoms with van der Waals surface area (Å²) in [4.78, 5) is 12.1.